The van der Waals surface area contributed by atoms with Crippen molar-refractivity contribution in [1.82, 2.24) is 20.2 Å². The number of nitrogens with zero attached hydrogens (tertiary/aromatic N) is 2. The van der Waals surface area contributed by atoms with Gasteiger partial charge in [0.1, 0.15) is 0 Å². The summed E-state index contributed by atoms with van der Waals surface area (Å²) in [7, 11) is 1.67. The van der Waals surface area contributed by atoms with Crippen molar-refractivity contribution in [3.05, 3.63) is 66.0 Å². The Balaban J connectivity index is 0.00000171. The molecule has 1 aliphatic rings. The van der Waals surface area contributed by atoms with Gasteiger partial charge in [-0.2, -0.15) is 0 Å². The van der Waals surface area contributed by atoms with Gasteiger partial charge in [0.05, 0.1) is 29.4 Å². The van der Waals surface area contributed by atoms with Gasteiger partial charge in [0, 0.05) is 20.2 Å². The zero-order chi connectivity index (χ0) is 20.1. The van der Waals surface area contributed by atoms with E-state index < -0.39 is 5.41 Å². The van der Waals surface area contributed by atoms with Crippen LogP contribution in [0.4, 0.5) is 0 Å². The molecule has 1 amide bonds. The van der Waals surface area contributed by atoms with E-state index in [9.17, 15) is 4.79 Å². The number of methoxy groups -OCH3 is 1. The molecule has 1 aromatic heterocycles. The second-order valence-electron chi connectivity index (χ2n) is 7.82. The van der Waals surface area contributed by atoms with Crippen LogP contribution < -0.4 is 10.6 Å². The summed E-state index contributed by atoms with van der Waals surface area (Å²) >= 11 is 0. The zero-order valence-electron chi connectivity index (χ0n) is 17.7. The number of carbonyl (C=O) groups is 1. The van der Waals surface area contributed by atoms with Crippen LogP contribution in [0.3, 0.4) is 0 Å². The summed E-state index contributed by atoms with van der Waals surface area (Å²) in [5, 5.41) is 6.44. The summed E-state index contributed by atoms with van der Waals surface area (Å²) in [6.07, 6.45) is 3.50. The van der Waals surface area contributed by atoms with E-state index >= 15 is 0 Å². The maximum absolute atomic E-state index is 12.9. The van der Waals surface area contributed by atoms with Gasteiger partial charge in [-0.05, 0) is 49.2 Å². The minimum Gasteiger partial charge on any atom is -0.384 e. The van der Waals surface area contributed by atoms with Gasteiger partial charge in [-0.3, -0.25) is 4.79 Å². The molecule has 0 aliphatic carbocycles. The van der Waals surface area contributed by atoms with E-state index in [2.05, 4.69) is 50.5 Å². The number of para-hydroxylation sites is 2. The van der Waals surface area contributed by atoms with E-state index in [0.717, 1.165) is 49.1 Å². The highest BCUT2D eigenvalue weighted by Crippen LogP contribution is 2.29. The molecule has 8 heteroatoms. The first-order valence-electron chi connectivity index (χ1n) is 10.2. The number of hydrogen-bond donors (Lipinski definition) is 2. The van der Waals surface area contributed by atoms with E-state index in [1.807, 2.05) is 24.5 Å². The summed E-state index contributed by atoms with van der Waals surface area (Å²) in [6.45, 7) is 3.49. The van der Waals surface area contributed by atoms with Crippen molar-refractivity contribution in [3.63, 3.8) is 0 Å². The molecular formula is C23H30Cl2N4O2. The third-order valence-corrected chi connectivity index (χ3v) is 5.82. The summed E-state index contributed by atoms with van der Waals surface area (Å²) in [5.41, 5.74) is 4.03. The number of rotatable bonds is 7. The Kier molecular flexibility index (Phi) is 9.32. The Morgan fingerprint density at radius 2 is 1.77 bits per heavy atom. The van der Waals surface area contributed by atoms with Crippen molar-refractivity contribution in [2.24, 2.45) is 5.41 Å². The molecule has 0 radical (unpaired) electrons. The van der Waals surface area contributed by atoms with Crippen LogP contribution in [-0.2, 0) is 22.6 Å². The average molecular weight is 465 g/mol. The fourth-order valence-electron chi connectivity index (χ4n) is 4.08. The Labute approximate surface area is 195 Å². The number of carbonyl (C=O) groups excluding carboxylic acids is 1. The SMILES string of the molecule is COCC1(C(=O)NCc2ccc(Cn3cnc4ccccc43)cc2)CCNCC1.Cl.Cl. The number of imidazole rings is 1. The van der Waals surface area contributed by atoms with Gasteiger partial charge in [0.2, 0.25) is 5.91 Å². The molecular weight excluding hydrogens is 435 g/mol. The number of ether oxygens (including phenoxy) is 1. The maximum atomic E-state index is 12.9. The number of benzene rings is 2. The van der Waals surface area contributed by atoms with E-state index in [4.69, 9.17) is 4.74 Å². The highest BCUT2D eigenvalue weighted by molar-refractivity contribution is 5.85. The van der Waals surface area contributed by atoms with E-state index in [-0.39, 0.29) is 30.7 Å². The molecule has 1 saturated heterocycles. The van der Waals surface area contributed by atoms with Crippen molar-refractivity contribution in [3.8, 4) is 0 Å². The van der Waals surface area contributed by atoms with E-state index in [0.29, 0.717) is 13.2 Å². The van der Waals surface area contributed by atoms with E-state index in [1.54, 1.807) is 7.11 Å². The maximum Gasteiger partial charge on any atom is 0.228 e. The first-order valence-corrected chi connectivity index (χ1v) is 10.2. The lowest BCUT2D eigenvalue weighted by Gasteiger charge is -2.35. The number of aromatic nitrogens is 2. The fourth-order valence-corrected chi connectivity index (χ4v) is 4.08. The highest BCUT2D eigenvalue weighted by atomic mass is 35.5. The standard InChI is InChI=1S/C23H28N4O2.2ClH/c1-29-16-23(10-12-24-13-11-23)22(28)25-14-18-6-8-19(9-7-18)15-27-17-26-20-4-2-3-5-21(20)27;;/h2-9,17,24H,10-16H2,1H3,(H,25,28);2*1H. The summed E-state index contributed by atoms with van der Waals surface area (Å²) in [6, 6.07) is 16.5. The quantitative estimate of drug-likeness (QED) is 0.560. The van der Waals surface area contributed by atoms with Gasteiger partial charge in [0.15, 0.2) is 0 Å². The second-order valence-corrected chi connectivity index (χ2v) is 7.82. The van der Waals surface area contributed by atoms with Crippen molar-refractivity contribution in [2.75, 3.05) is 26.8 Å². The smallest absolute Gasteiger partial charge is 0.228 e. The number of amides is 1. The molecule has 6 nitrogen and oxygen atoms in total. The molecule has 168 valence electrons. The van der Waals surface area contributed by atoms with Gasteiger partial charge < -0.3 is 19.9 Å². The summed E-state index contributed by atoms with van der Waals surface area (Å²) < 4.78 is 7.51. The Morgan fingerprint density at radius 1 is 1.10 bits per heavy atom. The largest absolute Gasteiger partial charge is 0.384 e. The average Bonchev–Trinajstić information content (AvgIpc) is 3.17. The van der Waals surface area contributed by atoms with Crippen LogP contribution >= 0.6 is 24.8 Å². The summed E-state index contributed by atoms with van der Waals surface area (Å²) in [4.78, 5) is 17.3. The Hall–Kier alpha value is -2.12. The van der Waals surface area contributed by atoms with Gasteiger partial charge >= 0.3 is 0 Å². The lowest BCUT2D eigenvalue weighted by Crippen LogP contribution is -2.49. The molecule has 4 rings (SSSR count). The van der Waals surface area contributed by atoms with Gasteiger partial charge in [-0.25, -0.2) is 4.98 Å². The van der Waals surface area contributed by atoms with E-state index in [1.165, 1.54) is 5.56 Å². The number of hydrogen-bond acceptors (Lipinski definition) is 4. The van der Waals surface area contributed by atoms with Gasteiger partial charge in [-0.15, -0.1) is 24.8 Å². The lowest BCUT2D eigenvalue weighted by atomic mass is 9.78. The Morgan fingerprint density at radius 3 is 2.48 bits per heavy atom. The zero-order valence-corrected chi connectivity index (χ0v) is 19.3. The lowest BCUT2D eigenvalue weighted by molar-refractivity contribution is -0.136. The molecule has 1 aliphatic heterocycles. The van der Waals surface area contributed by atoms with Crippen LogP contribution in [-0.4, -0.2) is 42.3 Å². The molecule has 2 N–H and O–H groups in total. The fraction of sp³-hybridized carbons (Fsp3) is 0.391. The topological polar surface area (TPSA) is 68.2 Å². The van der Waals surface area contributed by atoms with Crippen molar-refractivity contribution >= 4 is 41.8 Å². The molecule has 2 heterocycles. The highest BCUT2D eigenvalue weighted by Gasteiger charge is 2.39. The molecule has 3 aromatic rings. The van der Waals surface area contributed by atoms with Crippen LogP contribution in [0.2, 0.25) is 0 Å². The van der Waals surface area contributed by atoms with Crippen LogP contribution in [0, 0.1) is 5.41 Å². The third kappa shape index (κ3) is 5.77. The molecule has 31 heavy (non-hydrogen) atoms. The molecule has 0 unspecified atom stereocenters. The number of fused-ring (bicyclic) bond motifs is 1. The number of nitrogens with one attached hydrogen (secondary N) is 2. The first kappa shape index (κ1) is 25.1. The normalized spacial score (nSPS) is 15.0. The first-order chi connectivity index (χ1) is 14.2. The van der Waals surface area contributed by atoms with Crippen molar-refractivity contribution < 1.29 is 9.53 Å². The molecule has 1 fully saturated rings. The molecule has 2 aromatic carbocycles. The Bertz CT molecular complexity index is 964. The van der Waals surface area contributed by atoms with Crippen LogP contribution in [0.1, 0.15) is 24.0 Å². The monoisotopic (exact) mass is 464 g/mol. The van der Waals surface area contributed by atoms with Gasteiger partial charge in [-0.1, -0.05) is 36.4 Å². The predicted octanol–water partition coefficient (Wildman–Crippen LogP) is 3.56. The van der Waals surface area contributed by atoms with Gasteiger partial charge in [0.25, 0.3) is 0 Å². The van der Waals surface area contributed by atoms with Crippen molar-refractivity contribution in [1.29, 1.82) is 0 Å². The molecule has 0 saturated carbocycles. The second kappa shape index (κ2) is 11.5. The predicted molar refractivity (Wildman–Crippen MR) is 128 cm³/mol. The summed E-state index contributed by atoms with van der Waals surface area (Å²) in [5.74, 6) is 0.0924. The van der Waals surface area contributed by atoms with Crippen LogP contribution in [0.15, 0.2) is 54.9 Å². The molecule has 0 bridgehead atoms. The minimum absolute atomic E-state index is 0. The van der Waals surface area contributed by atoms with Crippen LogP contribution in [0.25, 0.3) is 11.0 Å². The number of halogens is 2. The number of piperidine rings is 1. The van der Waals surface area contributed by atoms with Crippen molar-refractivity contribution in [2.45, 2.75) is 25.9 Å². The minimum atomic E-state index is -0.414. The molecule has 0 atom stereocenters. The molecule has 0 spiro atoms. The third-order valence-electron chi connectivity index (χ3n) is 5.82. The van der Waals surface area contributed by atoms with Crippen LogP contribution in [0.5, 0.6) is 0 Å².